The van der Waals surface area contributed by atoms with Crippen LogP contribution in [-0.2, 0) is 0 Å². The van der Waals surface area contributed by atoms with Gasteiger partial charge in [0.15, 0.2) is 0 Å². The molecule has 0 aliphatic heterocycles. The van der Waals surface area contributed by atoms with Crippen LogP contribution in [0.4, 0.5) is 0 Å². The van der Waals surface area contributed by atoms with Crippen LogP contribution in [0.15, 0.2) is 30.6 Å². The van der Waals surface area contributed by atoms with Gasteiger partial charge in [0, 0.05) is 22.9 Å². The number of amides is 1. The summed E-state index contributed by atoms with van der Waals surface area (Å²) in [5, 5.41) is 18.2. The van der Waals surface area contributed by atoms with E-state index in [9.17, 15) is 4.79 Å². The maximum absolute atomic E-state index is 12.4. The van der Waals surface area contributed by atoms with Crippen LogP contribution in [0.2, 0.25) is 0 Å². The van der Waals surface area contributed by atoms with Gasteiger partial charge < -0.3 is 10.4 Å². The fourth-order valence-corrected chi connectivity index (χ4v) is 1.94. The highest BCUT2D eigenvalue weighted by atomic mass is 16.2. The Kier molecular flexibility index (Phi) is 4.75. The summed E-state index contributed by atoms with van der Waals surface area (Å²) in [4.78, 5) is 12.4. The van der Waals surface area contributed by atoms with Gasteiger partial charge >= 0.3 is 0 Å². The summed E-state index contributed by atoms with van der Waals surface area (Å²) >= 11 is 0. The summed E-state index contributed by atoms with van der Waals surface area (Å²) in [5.41, 5.74) is 3.07. The lowest BCUT2D eigenvalue weighted by molar-refractivity contribution is 0.0939. The van der Waals surface area contributed by atoms with Crippen LogP contribution in [0.3, 0.4) is 0 Å². The monoisotopic (exact) mass is 283 g/mol. The Labute approximate surface area is 123 Å². The third-order valence-corrected chi connectivity index (χ3v) is 3.16. The Morgan fingerprint density at radius 2 is 2.33 bits per heavy atom. The summed E-state index contributed by atoms with van der Waals surface area (Å²) in [5.74, 6) is 5.22. The summed E-state index contributed by atoms with van der Waals surface area (Å²) in [6, 6.07) is 5.27. The first-order chi connectivity index (χ1) is 10.1. The van der Waals surface area contributed by atoms with Gasteiger partial charge in [-0.2, -0.15) is 5.10 Å². The van der Waals surface area contributed by atoms with Crippen LogP contribution in [0.5, 0.6) is 0 Å². The standard InChI is InChI=1S/C16H17N3O2/c1-11-5-6-13(4-3-7-20)8-15(11)16(21)19-12(2)14-9-17-18-10-14/h5-6,8-10,12,20H,7H2,1-2H3,(H,17,18)(H,19,21). The zero-order valence-electron chi connectivity index (χ0n) is 12.0. The average molecular weight is 283 g/mol. The first-order valence-electron chi connectivity index (χ1n) is 6.61. The van der Waals surface area contributed by atoms with E-state index in [2.05, 4.69) is 27.4 Å². The molecular formula is C16H17N3O2. The third kappa shape index (κ3) is 3.71. The lowest BCUT2D eigenvalue weighted by atomic mass is 10.0. The lowest BCUT2D eigenvalue weighted by Crippen LogP contribution is -2.27. The molecule has 0 radical (unpaired) electrons. The van der Waals surface area contributed by atoms with Crippen molar-refractivity contribution in [1.29, 1.82) is 0 Å². The predicted octanol–water partition coefficient (Wildman–Crippen LogP) is 1.55. The molecule has 108 valence electrons. The van der Waals surface area contributed by atoms with Crippen molar-refractivity contribution in [2.24, 2.45) is 0 Å². The SMILES string of the molecule is Cc1ccc(C#CCO)cc1C(=O)NC(C)c1cn[nH]c1. The molecule has 1 aromatic heterocycles. The molecule has 2 rings (SSSR count). The molecule has 0 saturated heterocycles. The molecule has 1 heterocycles. The Bertz CT molecular complexity index is 681. The molecule has 1 amide bonds. The van der Waals surface area contributed by atoms with Gasteiger partial charge in [0.1, 0.15) is 6.61 Å². The van der Waals surface area contributed by atoms with E-state index in [-0.39, 0.29) is 18.6 Å². The number of aromatic nitrogens is 2. The van der Waals surface area contributed by atoms with E-state index in [1.54, 1.807) is 18.5 Å². The largest absolute Gasteiger partial charge is 0.384 e. The van der Waals surface area contributed by atoms with Crippen molar-refractivity contribution in [2.45, 2.75) is 19.9 Å². The maximum Gasteiger partial charge on any atom is 0.252 e. The molecule has 5 nitrogen and oxygen atoms in total. The maximum atomic E-state index is 12.4. The highest BCUT2D eigenvalue weighted by Crippen LogP contribution is 2.14. The molecule has 2 aromatic rings. The second-order valence-corrected chi connectivity index (χ2v) is 4.72. The smallest absolute Gasteiger partial charge is 0.252 e. The van der Waals surface area contributed by atoms with Crippen molar-refractivity contribution in [2.75, 3.05) is 6.61 Å². The second-order valence-electron chi connectivity index (χ2n) is 4.72. The molecule has 0 saturated carbocycles. The minimum atomic E-state index is -0.201. The van der Waals surface area contributed by atoms with Gasteiger partial charge in [-0.05, 0) is 31.5 Å². The van der Waals surface area contributed by atoms with E-state index in [0.29, 0.717) is 11.1 Å². The van der Waals surface area contributed by atoms with Crippen molar-refractivity contribution < 1.29 is 9.90 Å². The molecule has 21 heavy (non-hydrogen) atoms. The molecule has 3 N–H and O–H groups in total. The number of aliphatic hydroxyl groups excluding tert-OH is 1. The van der Waals surface area contributed by atoms with Gasteiger partial charge in [0.2, 0.25) is 0 Å². The summed E-state index contributed by atoms with van der Waals surface area (Å²) in [7, 11) is 0. The Morgan fingerprint density at radius 1 is 1.52 bits per heavy atom. The normalized spacial score (nSPS) is 11.4. The van der Waals surface area contributed by atoms with E-state index >= 15 is 0 Å². The predicted molar refractivity (Wildman–Crippen MR) is 79.6 cm³/mol. The summed E-state index contributed by atoms with van der Waals surface area (Å²) in [6.07, 6.45) is 3.43. The van der Waals surface area contributed by atoms with Crippen molar-refractivity contribution >= 4 is 5.91 Å². The van der Waals surface area contributed by atoms with Crippen LogP contribution in [0.25, 0.3) is 0 Å². The zero-order chi connectivity index (χ0) is 15.2. The number of hydrogen-bond donors (Lipinski definition) is 3. The van der Waals surface area contributed by atoms with E-state index in [4.69, 9.17) is 5.11 Å². The fourth-order valence-electron chi connectivity index (χ4n) is 1.94. The Hall–Kier alpha value is -2.58. The van der Waals surface area contributed by atoms with E-state index in [0.717, 1.165) is 11.1 Å². The molecule has 0 aliphatic rings. The second kappa shape index (κ2) is 6.73. The number of aromatic amines is 1. The van der Waals surface area contributed by atoms with Gasteiger partial charge in [-0.1, -0.05) is 17.9 Å². The fraction of sp³-hybridized carbons (Fsp3) is 0.250. The number of aryl methyl sites for hydroxylation is 1. The number of carbonyl (C=O) groups excluding carboxylic acids is 1. The average Bonchev–Trinajstić information content (AvgIpc) is 3.00. The van der Waals surface area contributed by atoms with Crippen molar-refractivity contribution in [1.82, 2.24) is 15.5 Å². The van der Waals surface area contributed by atoms with Crippen LogP contribution >= 0.6 is 0 Å². The first kappa shape index (κ1) is 14.8. The first-order valence-corrected chi connectivity index (χ1v) is 6.61. The molecule has 0 bridgehead atoms. The van der Waals surface area contributed by atoms with Crippen LogP contribution in [0.1, 0.15) is 40.0 Å². The molecule has 0 aliphatic carbocycles. The number of rotatable bonds is 3. The van der Waals surface area contributed by atoms with Crippen LogP contribution < -0.4 is 5.32 Å². The quantitative estimate of drug-likeness (QED) is 0.748. The van der Waals surface area contributed by atoms with Crippen molar-refractivity contribution in [3.8, 4) is 11.8 Å². The number of H-pyrrole nitrogens is 1. The number of aliphatic hydroxyl groups is 1. The van der Waals surface area contributed by atoms with E-state index < -0.39 is 0 Å². The van der Waals surface area contributed by atoms with Gasteiger partial charge in [0.05, 0.1) is 12.2 Å². The molecule has 1 unspecified atom stereocenters. The minimum Gasteiger partial charge on any atom is -0.384 e. The number of carbonyl (C=O) groups is 1. The van der Waals surface area contributed by atoms with Gasteiger partial charge in [-0.15, -0.1) is 0 Å². The highest BCUT2D eigenvalue weighted by molar-refractivity contribution is 5.96. The Balaban J connectivity index is 2.18. The molecular weight excluding hydrogens is 266 g/mol. The molecule has 0 fully saturated rings. The molecule has 1 atom stereocenters. The molecule has 5 heteroatoms. The van der Waals surface area contributed by atoms with Crippen molar-refractivity contribution in [3.63, 3.8) is 0 Å². The third-order valence-electron chi connectivity index (χ3n) is 3.16. The molecule has 1 aromatic carbocycles. The molecule has 0 spiro atoms. The Morgan fingerprint density at radius 3 is 3.00 bits per heavy atom. The van der Waals surface area contributed by atoms with Crippen LogP contribution in [0, 0.1) is 18.8 Å². The summed E-state index contributed by atoms with van der Waals surface area (Å²) < 4.78 is 0. The van der Waals surface area contributed by atoms with Gasteiger partial charge in [0.25, 0.3) is 5.91 Å². The number of benzene rings is 1. The van der Waals surface area contributed by atoms with Crippen LogP contribution in [-0.4, -0.2) is 27.8 Å². The van der Waals surface area contributed by atoms with E-state index in [1.807, 2.05) is 26.0 Å². The zero-order valence-corrected chi connectivity index (χ0v) is 12.0. The van der Waals surface area contributed by atoms with Crippen molar-refractivity contribution in [3.05, 3.63) is 52.8 Å². The van der Waals surface area contributed by atoms with E-state index in [1.165, 1.54) is 0 Å². The highest BCUT2D eigenvalue weighted by Gasteiger charge is 2.14. The van der Waals surface area contributed by atoms with Gasteiger partial charge in [-0.3, -0.25) is 9.89 Å². The number of hydrogen-bond acceptors (Lipinski definition) is 3. The minimum absolute atomic E-state index is 0.136. The number of nitrogens with one attached hydrogen (secondary N) is 2. The number of nitrogens with zero attached hydrogens (tertiary/aromatic N) is 1. The topological polar surface area (TPSA) is 78.0 Å². The lowest BCUT2D eigenvalue weighted by Gasteiger charge is -2.13. The van der Waals surface area contributed by atoms with Gasteiger partial charge in [-0.25, -0.2) is 0 Å². The summed E-state index contributed by atoms with van der Waals surface area (Å²) in [6.45, 7) is 3.57.